The van der Waals surface area contributed by atoms with Crippen LogP contribution in [0, 0.1) is 5.82 Å². The first-order valence-corrected chi connectivity index (χ1v) is 11.3. The molecule has 1 aliphatic rings. The van der Waals surface area contributed by atoms with Crippen molar-refractivity contribution in [2.75, 3.05) is 13.2 Å². The number of rotatable bonds is 11. The molecule has 2 atom stereocenters. The van der Waals surface area contributed by atoms with Crippen LogP contribution in [-0.4, -0.2) is 57.4 Å². The number of carboxylic acids is 1. The highest BCUT2D eigenvalue weighted by Gasteiger charge is 2.24. The number of aromatic nitrogens is 2. The van der Waals surface area contributed by atoms with Gasteiger partial charge in [-0.2, -0.15) is 0 Å². The first-order valence-electron chi connectivity index (χ1n) is 10.9. The van der Waals surface area contributed by atoms with Gasteiger partial charge in [0, 0.05) is 30.6 Å². The quantitative estimate of drug-likeness (QED) is 0.423. The molecule has 0 spiro atoms. The zero-order valence-electron chi connectivity index (χ0n) is 18.1. The van der Waals surface area contributed by atoms with Crippen LogP contribution >= 0.6 is 11.6 Å². The molecule has 10 heteroatoms. The number of aliphatic carboxylic acids is 1. The summed E-state index contributed by atoms with van der Waals surface area (Å²) in [5.74, 6) is -3.20. The lowest BCUT2D eigenvalue weighted by Gasteiger charge is -2.17. The molecule has 1 unspecified atom stereocenters. The van der Waals surface area contributed by atoms with E-state index < -0.39 is 35.4 Å². The van der Waals surface area contributed by atoms with E-state index in [0.29, 0.717) is 12.8 Å². The fraction of sp³-hybridized carbons (Fsp3) is 0.478. The van der Waals surface area contributed by atoms with Crippen molar-refractivity contribution in [1.29, 1.82) is 0 Å². The van der Waals surface area contributed by atoms with Crippen molar-refractivity contribution in [1.82, 2.24) is 15.3 Å². The number of aliphatic hydroxyl groups is 1. The minimum atomic E-state index is -1.31. The Labute approximate surface area is 196 Å². The third kappa shape index (κ3) is 7.18. The normalized spacial score (nSPS) is 14.9. The van der Waals surface area contributed by atoms with Crippen LogP contribution in [0.2, 0.25) is 5.02 Å². The van der Waals surface area contributed by atoms with Gasteiger partial charge >= 0.3 is 5.97 Å². The molecule has 8 nitrogen and oxygen atoms in total. The maximum absolute atomic E-state index is 13.8. The van der Waals surface area contributed by atoms with Crippen molar-refractivity contribution in [2.24, 2.45) is 0 Å². The molecular weight excluding hydrogens is 453 g/mol. The molecule has 1 aliphatic carbocycles. The smallest absolute Gasteiger partial charge is 0.326 e. The van der Waals surface area contributed by atoms with Crippen LogP contribution in [0.1, 0.15) is 53.0 Å². The van der Waals surface area contributed by atoms with E-state index in [9.17, 15) is 24.2 Å². The molecule has 2 aromatic rings. The zero-order valence-corrected chi connectivity index (χ0v) is 18.9. The average Bonchev–Trinajstić information content (AvgIpc) is 2.79. The average molecular weight is 480 g/mol. The monoisotopic (exact) mass is 479 g/mol. The molecule has 3 N–H and O–H groups in total. The Morgan fingerprint density at radius 1 is 1.21 bits per heavy atom. The number of nitrogens with zero attached hydrogens (tertiary/aromatic N) is 2. The van der Waals surface area contributed by atoms with E-state index in [0.717, 1.165) is 43.0 Å². The summed E-state index contributed by atoms with van der Waals surface area (Å²) >= 11 is 5.79. The van der Waals surface area contributed by atoms with Gasteiger partial charge in [-0.3, -0.25) is 14.8 Å². The molecule has 0 aliphatic heterocycles. The number of aliphatic hydroxyl groups excluding tert-OH is 1. The molecule has 3 rings (SSSR count). The minimum absolute atomic E-state index is 0.0159. The number of carbonyl (C=O) groups excluding carboxylic acids is 1. The zero-order chi connectivity index (χ0) is 23.8. The van der Waals surface area contributed by atoms with Crippen LogP contribution in [0.25, 0.3) is 0 Å². The molecule has 178 valence electrons. The standard InChI is InChI=1S/C23H27ClFN3O5/c24-17-11-26-12-18(25)21(17)22(30)28-20(23(31)32)9-10-33-13-16(29)8-7-15-6-5-14-3-1-2-4-19(14)27-15/h5-6,11-12,16,20,29H,1-4,7-10,13H2,(H,28,30)(H,31,32)/t16-,20?/m0/s1. The molecule has 1 amide bonds. The Hall–Kier alpha value is -2.62. The van der Waals surface area contributed by atoms with Gasteiger partial charge in [-0.1, -0.05) is 17.7 Å². The largest absolute Gasteiger partial charge is 0.480 e. The first-order chi connectivity index (χ1) is 15.8. The number of fused-ring (bicyclic) bond motifs is 1. The van der Waals surface area contributed by atoms with Gasteiger partial charge in [-0.25, -0.2) is 9.18 Å². The van der Waals surface area contributed by atoms with Crippen LogP contribution in [0.15, 0.2) is 24.5 Å². The van der Waals surface area contributed by atoms with Gasteiger partial charge in [0.2, 0.25) is 0 Å². The predicted molar refractivity (Wildman–Crippen MR) is 119 cm³/mol. The Morgan fingerprint density at radius 2 is 2.00 bits per heavy atom. The Kier molecular flexibility index (Phi) is 9.11. The molecule has 0 bridgehead atoms. The number of aryl methyl sites for hydroxylation is 3. The number of hydrogen-bond acceptors (Lipinski definition) is 6. The van der Waals surface area contributed by atoms with Gasteiger partial charge < -0.3 is 20.3 Å². The lowest BCUT2D eigenvalue weighted by Crippen LogP contribution is -2.42. The van der Waals surface area contributed by atoms with Gasteiger partial charge in [-0.05, 0) is 50.2 Å². The van der Waals surface area contributed by atoms with Gasteiger partial charge in [0.05, 0.1) is 29.5 Å². The fourth-order valence-electron chi connectivity index (χ4n) is 3.70. The first kappa shape index (κ1) is 25.0. The third-order valence-electron chi connectivity index (χ3n) is 5.51. The van der Waals surface area contributed by atoms with Crippen molar-refractivity contribution in [2.45, 2.75) is 57.1 Å². The summed E-state index contributed by atoms with van der Waals surface area (Å²) in [5.41, 5.74) is 2.93. The lowest BCUT2D eigenvalue weighted by atomic mass is 9.95. The van der Waals surface area contributed by atoms with E-state index in [4.69, 9.17) is 21.3 Å². The van der Waals surface area contributed by atoms with Gasteiger partial charge in [0.15, 0.2) is 5.82 Å². The lowest BCUT2D eigenvalue weighted by molar-refractivity contribution is -0.139. The topological polar surface area (TPSA) is 122 Å². The summed E-state index contributed by atoms with van der Waals surface area (Å²) in [5, 5.41) is 21.5. The fourth-order valence-corrected chi connectivity index (χ4v) is 3.93. The summed E-state index contributed by atoms with van der Waals surface area (Å²) in [4.78, 5) is 31.9. The van der Waals surface area contributed by atoms with Crippen molar-refractivity contribution >= 4 is 23.5 Å². The number of hydrogen-bond donors (Lipinski definition) is 3. The molecule has 33 heavy (non-hydrogen) atoms. The minimum Gasteiger partial charge on any atom is -0.480 e. The number of nitrogens with one attached hydrogen (secondary N) is 1. The van der Waals surface area contributed by atoms with E-state index in [1.54, 1.807) is 0 Å². The summed E-state index contributed by atoms with van der Waals surface area (Å²) in [7, 11) is 0. The second-order valence-electron chi connectivity index (χ2n) is 8.01. The highest BCUT2D eigenvalue weighted by atomic mass is 35.5. The predicted octanol–water partition coefficient (Wildman–Crippen LogP) is 2.73. The van der Waals surface area contributed by atoms with Crippen LogP contribution in [-0.2, 0) is 28.8 Å². The molecule has 0 saturated carbocycles. The van der Waals surface area contributed by atoms with Crippen LogP contribution in [0.3, 0.4) is 0 Å². The number of halogens is 2. The second kappa shape index (κ2) is 12.0. The summed E-state index contributed by atoms with van der Waals surface area (Å²) < 4.78 is 19.2. The molecule has 2 aromatic heterocycles. The van der Waals surface area contributed by atoms with Crippen molar-refractivity contribution < 1.29 is 28.9 Å². The van der Waals surface area contributed by atoms with E-state index >= 15 is 0 Å². The Balaban J connectivity index is 1.40. The molecule has 0 fully saturated rings. The number of amides is 1. The van der Waals surface area contributed by atoms with Crippen molar-refractivity contribution in [3.05, 3.63) is 57.9 Å². The molecule has 2 heterocycles. The van der Waals surface area contributed by atoms with E-state index in [-0.39, 0.29) is 24.7 Å². The molecule has 0 saturated heterocycles. The van der Waals surface area contributed by atoms with Crippen LogP contribution < -0.4 is 5.32 Å². The third-order valence-corrected chi connectivity index (χ3v) is 5.80. The van der Waals surface area contributed by atoms with Gasteiger partial charge in [-0.15, -0.1) is 0 Å². The van der Waals surface area contributed by atoms with E-state index in [1.165, 1.54) is 12.0 Å². The maximum Gasteiger partial charge on any atom is 0.326 e. The van der Waals surface area contributed by atoms with E-state index in [1.807, 2.05) is 6.07 Å². The second-order valence-corrected chi connectivity index (χ2v) is 8.42. The highest BCUT2D eigenvalue weighted by molar-refractivity contribution is 6.33. The summed E-state index contributed by atoms with van der Waals surface area (Å²) in [6, 6.07) is 2.80. The maximum atomic E-state index is 13.8. The summed E-state index contributed by atoms with van der Waals surface area (Å²) in [6.45, 7) is 0.00794. The Morgan fingerprint density at radius 3 is 2.76 bits per heavy atom. The number of carboxylic acid groups (broad SMARTS) is 1. The van der Waals surface area contributed by atoms with Crippen LogP contribution in [0.5, 0.6) is 0 Å². The van der Waals surface area contributed by atoms with Crippen molar-refractivity contribution in [3.63, 3.8) is 0 Å². The SMILES string of the molecule is O=C(NC(CCOC[C@@H](O)CCc1ccc2c(n1)CCCC2)C(=O)O)c1c(F)cncc1Cl. The number of ether oxygens (including phenoxy) is 1. The number of carbonyl (C=O) groups is 2. The highest BCUT2D eigenvalue weighted by Crippen LogP contribution is 2.20. The molecular formula is C23H27ClFN3O5. The van der Waals surface area contributed by atoms with Gasteiger partial charge in [0.25, 0.3) is 5.91 Å². The van der Waals surface area contributed by atoms with Crippen LogP contribution in [0.4, 0.5) is 4.39 Å². The molecule has 0 aromatic carbocycles. The Bertz CT molecular complexity index is 970. The summed E-state index contributed by atoms with van der Waals surface area (Å²) in [6.07, 6.45) is 6.62. The van der Waals surface area contributed by atoms with Crippen molar-refractivity contribution in [3.8, 4) is 0 Å². The van der Waals surface area contributed by atoms with E-state index in [2.05, 4.69) is 16.4 Å². The number of pyridine rings is 2. The molecule has 0 radical (unpaired) electrons. The van der Waals surface area contributed by atoms with Gasteiger partial charge in [0.1, 0.15) is 6.04 Å².